The van der Waals surface area contributed by atoms with Gasteiger partial charge in [0, 0.05) is 31.4 Å². The fraction of sp³-hybridized carbons (Fsp3) is 0.400. The van der Waals surface area contributed by atoms with Crippen molar-refractivity contribution in [1.29, 1.82) is 0 Å². The lowest BCUT2D eigenvalue weighted by atomic mass is 9.96. The van der Waals surface area contributed by atoms with E-state index in [1.165, 1.54) is 11.3 Å². The Labute approximate surface area is 175 Å². The number of aromatic nitrogens is 4. The van der Waals surface area contributed by atoms with Gasteiger partial charge in [-0.3, -0.25) is 4.79 Å². The van der Waals surface area contributed by atoms with Crippen molar-refractivity contribution in [3.05, 3.63) is 53.8 Å². The van der Waals surface area contributed by atoms with E-state index in [9.17, 15) is 18.0 Å². The SMILES string of the molecule is C[C@H](C(=O)N1CCC[C@H](c2nc(-c3cccs3)cc(C(F)(F)F)n2)C1)n1ccnc1. The van der Waals surface area contributed by atoms with Gasteiger partial charge in [-0.05, 0) is 37.3 Å². The van der Waals surface area contributed by atoms with Gasteiger partial charge in [-0.25, -0.2) is 15.0 Å². The van der Waals surface area contributed by atoms with Crippen LogP contribution in [0.2, 0.25) is 0 Å². The lowest BCUT2D eigenvalue weighted by Gasteiger charge is -2.34. The molecule has 1 fully saturated rings. The second-order valence-corrected chi connectivity index (χ2v) is 8.23. The molecule has 1 saturated heterocycles. The van der Waals surface area contributed by atoms with Crippen LogP contribution in [0.4, 0.5) is 13.2 Å². The van der Waals surface area contributed by atoms with Crippen molar-refractivity contribution in [3.63, 3.8) is 0 Å². The van der Waals surface area contributed by atoms with Gasteiger partial charge in [-0.1, -0.05) is 6.07 Å². The van der Waals surface area contributed by atoms with Gasteiger partial charge in [0.2, 0.25) is 5.91 Å². The first-order valence-corrected chi connectivity index (χ1v) is 10.5. The van der Waals surface area contributed by atoms with Crippen molar-refractivity contribution in [2.75, 3.05) is 13.1 Å². The quantitative estimate of drug-likeness (QED) is 0.610. The lowest BCUT2D eigenvalue weighted by molar-refractivity contribution is -0.141. The van der Waals surface area contributed by atoms with Gasteiger partial charge in [0.25, 0.3) is 0 Å². The Balaban J connectivity index is 1.61. The Morgan fingerprint density at radius 2 is 2.17 bits per heavy atom. The zero-order valence-electron chi connectivity index (χ0n) is 16.2. The number of thiophene rings is 1. The van der Waals surface area contributed by atoms with E-state index in [0.717, 1.165) is 6.07 Å². The third-order valence-corrected chi connectivity index (χ3v) is 6.13. The molecule has 2 atom stereocenters. The average molecular weight is 435 g/mol. The highest BCUT2D eigenvalue weighted by atomic mass is 32.1. The molecule has 0 unspecified atom stereocenters. The largest absolute Gasteiger partial charge is 0.433 e. The molecule has 0 aromatic carbocycles. The zero-order chi connectivity index (χ0) is 21.3. The van der Waals surface area contributed by atoms with Crippen LogP contribution >= 0.6 is 11.3 Å². The standard InChI is InChI=1S/C20H20F3N5OS/c1-13(28-8-6-24-12-28)19(29)27-7-2-4-14(11-27)18-25-15(16-5-3-9-30-16)10-17(26-18)20(21,22)23/h3,5-6,8-10,12-14H,2,4,7,11H2,1H3/t13-,14+/m1/s1. The molecule has 3 aromatic rings. The summed E-state index contributed by atoms with van der Waals surface area (Å²) in [5.74, 6) is -0.303. The summed E-state index contributed by atoms with van der Waals surface area (Å²) in [7, 11) is 0. The van der Waals surface area contributed by atoms with Crippen molar-refractivity contribution >= 4 is 17.2 Å². The third-order valence-electron chi connectivity index (χ3n) is 5.24. The van der Waals surface area contributed by atoms with E-state index in [1.807, 2.05) is 0 Å². The first-order chi connectivity index (χ1) is 14.3. The number of amides is 1. The van der Waals surface area contributed by atoms with Crippen LogP contribution in [0, 0.1) is 0 Å². The van der Waals surface area contributed by atoms with E-state index in [2.05, 4.69) is 15.0 Å². The van der Waals surface area contributed by atoms with Crippen LogP contribution < -0.4 is 0 Å². The molecule has 3 aromatic heterocycles. The Hall–Kier alpha value is -2.75. The van der Waals surface area contributed by atoms with E-state index < -0.39 is 17.9 Å². The number of hydrogen-bond acceptors (Lipinski definition) is 5. The number of nitrogens with zero attached hydrogens (tertiary/aromatic N) is 5. The van der Waals surface area contributed by atoms with E-state index in [0.29, 0.717) is 30.8 Å². The first kappa shape index (κ1) is 20.5. The van der Waals surface area contributed by atoms with Crippen LogP contribution in [0.3, 0.4) is 0 Å². The highest BCUT2D eigenvalue weighted by Crippen LogP contribution is 2.34. The Morgan fingerprint density at radius 3 is 2.83 bits per heavy atom. The summed E-state index contributed by atoms with van der Waals surface area (Å²) in [6.07, 6.45) is 1.64. The lowest BCUT2D eigenvalue weighted by Crippen LogP contribution is -2.42. The molecule has 6 nitrogen and oxygen atoms in total. The summed E-state index contributed by atoms with van der Waals surface area (Å²) in [6, 6.07) is 4.06. The van der Waals surface area contributed by atoms with Gasteiger partial charge >= 0.3 is 6.18 Å². The molecule has 1 aliphatic heterocycles. The maximum atomic E-state index is 13.5. The first-order valence-electron chi connectivity index (χ1n) is 9.59. The summed E-state index contributed by atoms with van der Waals surface area (Å²) < 4.78 is 42.1. The second-order valence-electron chi connectivity index (χ2n) is 7.28. The number of imidazole rings is 1. The van der Waals surface area contributed by atoms with Gasteiger partial charge in [-0.2, -0.15) is 13.2 Å². The molecule has 0 bridgehead atoms. The summed E-state index contributed by atoms with van der Waals surface area (Å²) >= 11 is 1.33. The molecule has 30 heavy (non-hydrogen) atoms. The van der Waals surface area contributed by atoms with Crippen molar-refractivity contribution in [1.82, 2.24) is 24.4 Å². The van der Waals surface area contributed by atoms with Crippen molar-refractivity contribution in [2.24, 2.45) is 0 Å². The van der Waals surface area contributed by atoms with E-state index in [-0.39, 0.29) is 23.3 Å². The average Bonchev–Trinajstić information content (AvgIpc) is 3.46. The van der Waals surface area contributed by atoms with Gasteiger partial charge in [0.05, 0.1) is 16.9 Å². The minimum atomic E-state index is -4.57. The van der Waals surface area contributed by atoms with Crippen LogP contribution in [0.1, 0.15) is 43.2 Å². The maximum absolute atomic E-state index is 13.5. The highest BCUT2D eigenvalue weighted by molar-refractivity contribution is 7.13. The van der Waals surface area contributed by atoms with E-state index in [1.54, 1.807) is 52.6 Å². The number of alkyl halides is 3. The van der Waals surface area contributed by atoms with Crippen molar-refractivity contribution < 1.29 is 18.0 Å². The molecule has 1 aliphatic rings. The van der Waals surface area contributed by atoms with Crippen LogP contribution in [0.5, 0.6) is 0 Å². The normalized spacial score (nSPS) is 18.4. The van der Waals surface area contributed by atoms with Crippen LogP contribution in [0.15, 0.2) is 42.3 Å². The highest BCUT2D eigenvalue weighted by Gasteiger charge is 2.36. The van der Waals surface area contributed by atoms with Crippen molar-refractivity contribution in [3.8, 4) is 10.6 Å². The summed E-state index contributed by atoms with van der Waals surface area (Å²) in [5.41, 5.74) is -0.691. The smallest absolute Gasteiger partial charge is 0.340 e. The molecule has 1 amide bonds. The molecule has 0 aliphatic carbocycles. The third kappa shape index (κ3) is 4.23. The number of likely N-dealkylation sites (tertiary alicyclic amines) is 1. The monoisotopic (exact) mass is 435 g/mol. The fourth-order valence-corrected chi connectivity index (χ4v) is 4.31. The Kier molecular flexibility index (Phi) is 5.59. The molecule has 0 saturated carbocycles. The number of hydrogen-bond donors (Lipinski definition) is 0. The zero-order valence-corrected chi connectivity index (χ0v) is 17.0. The molecule has 10 heteroatoms. The topological polar surface area (TPSA) is 63.9 Å². The molecular formula is C20H20F3N5OS. The minimum absolute atomic E-state index is 0.0943. The fourth-order valence-electron chi connectivity index (χ4n) is 3.62. The number of carbonyl (C=O) groups excluding carboxylic acids is 1. The summed E-state index contributed by atoms with van der Waals surface area (Å²) in [4.78, 5) is 27.5. The predicted octanol–water partition coefficient (Wildman–Crippen LogP) is 4.39. The molecule has 4 rings (SSSR count). The molecule has 158 valence electrons. The maximum Gasteiger partial charge on any atom is 0.433 e. The minimum Gasteiger partial charge on any atom is -0.340 e. The number of piperidine rings is 1. The van der Waals surface area contributed by atoms with Crippen LogP contribution in [-0.4, -0.2) is 43.4 Å². The van der Waals surface area contributed by atoms with Crippen LogP contribution in [0.25, 0.3) is 10.6 Å². The number of halogens is 3. The second kappa shape index (κ2) is 8.17. The molecule has 0 radical (unpaired) electrons. The van der Waals surface area contributed by atoms with E-state index in [4.69, 9.17) is 0 Å². The van der Waals surface area contributed by atoms with Gasteiger partial charge < -0.3 is 9.47 Å². The van der Waals surface area contributed by atoms with Gasteiger partial charge in [0.15, 0.2) is 0 Å². The van der Waals surface area contributed by atoms with Gasteiger partial charge in [-0.15, -0.1) is 11.3 Å². The Bertz CT molecular complexity index is 1000. The molecule has 0 spiro atoms. The van der Waals surface area contributed by atoms with Gasteiger partial charge in [0.1, 0.15) is 17.6 Å². The molecule has 4 heterocycles. The summed E-state index contributed by atoms with van der Waals surface area (Å²) in [6.45, 7) is 2.64. The number of carbonyl (C=O) groups is 1. The Morgan fingerprint density at radius 1 is 1.33 bits per heavy atom. The summed E-state index contributed by atoms with van der Waals surface area (Å²) in [5, 5.41) is 1.79. The van der Waals surface area contributed by atoms with E-state index >= 15 is 0 Å². The van der Waals surface area contributed by atoms with Crippen LogP contribution in [-0.2, 0) is 11.0 Å². The van der Waals surface area contributed by atoms with Crippen molar-refractivity contribution in [2.45, 2.75) is 37.9 Å². The predicted molar refractivity (Wildman–Crippen MR) is 106 cm³/mol. The molecular weight excluding hydrogens is 415 g/mol. The number of rotatable bonds is 4. The molecule has 0 N–H and O–H groups in total.